The fraction of sp³-hybridized carbons (Fsp3) is 0.556. The molecule has 0 radical (unpaired) electrons. The zero-order chi connectivity index (χ0) is 13.8. The molecule has 0 amide bonds. The van der Waals surface area contributed by atoms with E-state index in [4.69, 9.17) is 0 Å². The molecule has 1 atom stereocenters. The van der Waals surface area contributed by atoms with Crippen LogP contribution in [0.15, 0.2) is 29.6 Å². The minimum absolute atomic E-state index is 0.645. The summed E-state index contributed by atoms with van der Waals surface area (Å²) in [6, 6.07) is 9.39. The first-order chi connectivity index (χ1) is 9.84. The van der Waals surface area contributed by atoms with Crippen LogP contribution in [-0.4, -0.2) is 6.04 Å². The van der Waals surface area contributed by atoms with E-state index in [9.17, 15) is 0 Å². The lowest BCUT2D eigenvalue weighted by Crippen LogP contribution is -2.32. The van der Waals surface area contributed by atoms with E-state index < -0.39 is 0 Å². The topological polar surface area (TPSA) is 12.0 Å². The molecule has 1 nitrogen and oxygen atoms in total. The van der Waals surface area contributed by atoms with Gasteiger partial charge in [-0.3, -0.25) is 0 Å². The Labute approximate surface area is 126 Å². The van der Waals surface area contributed by atoms with E-state index in [2.05, 4.69) is 41.9 Å². The van der Waals surface area contributed by atoms with Gasteiger partial charge in [0.05, 0.1) is 0 Å². The van der Waals surface area contributed by atoms with E-state index in [1.54, 1.807) is 0 Å². The first kappa shape index (κ1) is 14.1. The third-order valence-corrected chi connectivity index (χ3v) is 5.79. The monoisotopic (exact) mass is 287 g/mol. The van der Waals surface area contributed by atoms with Crippen LogP contribution in [0.2, 0.25) is 0 Å². The van der Waals surface area contributed by atoms with Crippen molar-refractivity contribution in [3.8, 4) is 0 Å². The molecule has 2 heteroatoms. The van der Waals surface area contributed by atoms with Crippen molar-refractivity contribution >= 4 is 21.4 Å². The average molecular weight is 287 g/mol. The number of fused-ring (bicyclic) bond motifs is 1. The van der Waals surface area contributed by atoms with Crippen LogP contribution in [0.25, 0.3) is 10.1 Å². The molecule has 108 valence electrons. The molecular weight excluding hydrogens is 262 g/mol. The average Bonchev–Trinajstić information content (AvgIpc) is 2.70. The van der Waals surface area contributed by atoms with Gasteiger partial charge in [0.1, 0.15) is 0 Å². The van der Waals surface area contributed by atoms with E-state index in [1.165, 1.54) is 54.2 Å². The van der Waals surface area contributed by atoms with Gasteiger partial charge in [0, 0.05) is 17.3 Å². The number of hydrogen-bond donors (Lipinski definition) is 1. The van der Waals surface area contributed by atoms with Crippen molar-refractivity contribution in [1.29, 1.82) is 0 Å². The maximum atomic E-state index is 3.78. The number of benzene rings is 1. The summed E-state index contributed by atoms with van der Waals surface area (Å²) in [6.07, 6.45) is 8.57. The summed E-state index contributed by atoms with van der Waals surface area (Å²) >= 11 is 1.86. The van der Waals surface area contributed by atoms with Crippen molar-refractivity contribution in [2.75, 3.05) is 0 Å². The van der Waals surface area contributed by atoms with Gasteiger partial charge in [-0.2, -0.15) is 0 Å². The van der Waals surface area contributed by atoms with E-state index in [1.807, 2.05) is 11.3 Å². The molecule has 1 N–H and O–H groups in total. The highest BCUT2D eigenvalue weighted by atomic mass is 32.1. The lowest BCUT2D eigenvalue weighted by molar-refractivity contribution is 0.337. The van der Waals surface area contributed by atoms with Gasteiger partial charge in [0.2, 0.25) is 0 Å². The predicted octanol–water partition coefficient (Wildman–Crippen LogP) is 5.35. The maximum absolute atomic E-state index is 3.78. The molecule has 1 aliphatic carbocycles. The molecular formula is C18H25NS. The smallest absolute Gasteiger partial charge is 0.0346 e. The van der Waals surface area contributed by atoms with Gasteiger partial charge < -0.3 is 5.32 Å². The molecule has 1 saturated carbocycles. The predicted molar refractivity (Wildman–Crippen MR) is 89.3 cm³/mol. The molecule has 1 aromatic carbocycles. The van der Waals surface area contributed by atoms with E-state index >= 15 is 0 Å². The van der Waals surface area contributed by atoms with Gasteiger partial charge in [-0.05, 0) is 48.1 Å². The first-order valence-corrected chi connectivity index (χ1v) is 8.91. The Bertz CT molecular complexity index is 537. The van der Waals surface area contributed by atoms with Gasteiger partial charge in [-0.25, -0.2) is 0 Å². The van der Waals surface area contributed by atoms with Crippen LogP contribution in [0, 0.1) is 5.92 Å². The summed E-state index contributed by atoms with van der Waals surface area (Å²) in [5, 5.41) is 7.53. The quantitative estimate of drug-likeness (QED) is 0.747. The minimum Gasteiger partial charge on any atom is -0.310 e. The van der Waals surface area contributed by atoms with Crippen LogP contribution >= 0.6 is 11.3 Å². The Hall–Kier alpha value is -0.860. The third-order valence-electron chi connectivity index (χ3n) is 4.78. The van der Waals surface area contributed by atoms with Gasteiger partial charge in [0.15, 0.2) is 0 Å². The molecule has 1 heterocycles. The maximum Gasteiger partial charge on any atom is 0.0346 e. The van der Waals surface area contributed by atoms with Crippen LogP contribution in [-0.2, 0) is 6.54 Å². The Balaban J connectivity index is 1.60. The zero-order valence-electron chi connectivity index (χ0n) is 12.4. The van der Waals surface area contributed by atoms with Gasteiger partial charge in [0.25, 0.3) is 0 Å². The highest BCUT2D eigenvalue weighted by Gasteiger charge is 2.18. The fourth-order valence-corrected chi connectivity index (χ4v) is 4.38. The number of hydrogen-bond acceptors (Lipinski definition) is 2. The van der Waals surface area contributed by atoms with Crippen molar-refractivity contribution in [2.24, 2.45) is 5.92 Å². The van der Waals surface area contributed by atoms with Crippen molar-refractivity contribution in [3.63, 3.8) is 0 Å². The summed E-state index contributed by atoms with van der Waals surface area (Å²) in [5.74, 6) is 0.877. The summed E-state index contributed by atoms with van der Waals surface area (Å²) in [7, 11) is 0. The van der Waals surface area contributed by atoms with E-state index in [-0.39, 0.29) is 0 Å². The molecule has 0 saturated heterocycles. The molecule has 1 aromatic heterocycles. The highest BCUT2D eigenvalue weighted by molar-refractivity contribution is 7.17. The van der Waals surface area contributed by atoms with Crippen molar-refractivity contribution in [3.05, 3.63) is 35.2 Å². The SMILES string of the molecule is C[C@H](NCc1csc2ccccc12)C1CCCCCC1. The fourth-order valence-electron chi connectivity index (χ4n) is 3.42. The standard InChI is InChI=1S/C18H25NS/c1-14(15-8-4-2-3-5-9-15)19-12-16-13-20-18-11-7-6-10-17(16)18/h6-7,10-11,13-15,19H,2-5,8-9,12H2,1H3/t14-/m0/s1. The normalized spacial score (nSPS) is 19.1. The molecule has 3 rings (SSSR count). The van der Waals surface area contributed by atoms with Crippen LogP contribution in [0.1, 0.15) is 51.0 Å². The Morgan fingerprint density at radius 1 is 1.15 bits per heavy atom. The van der Waals surface area contributed by atoms with Crippen LogP contribution in [0.4, 0.5) is 0 Å². The Morgan fingerprint density at radius 3 is 2.70 bits per heavy atom. The summed E-state index contributed by atoms with van der Waals surface area (Å²) in [6.45, 7) is 3.40. The second kappa shape index (κ2) is 6.73. The van der Waals surface area contributed by atoms with Crippen LogP contribution in [0.3, 0.4) is 0 Å². The molecule has 1 fully saturated rings. The number of nitrogens with one attached hydrogen (secondary N) is 1. The molecule has 0 bridgehead atoms. The third kappa shape index (κ3) is 3.24. The molecule has 2 aromatic rings. The molecule has 1 aliphatic rings. The largest absolute Gasteiger partial charge is 0.310 e. The van der Waals surface area contributed by atoms with Crippen LogP contribution < -0.4 is 5.32 Å². The van der Waals surface area contributed by atoms with Gasteiger partial charge >= 0.3 is 0 Å². The number of thiophene rings is 1. The highest BCUT2D eigenvalue weighted by Crippen LogP contribution is 2.27. The second-order valence-corrected chi connectivity index (χ2v) is 7.09. The molecule has 0 aliphatic heterocycles. The number of rotatable bonds is 4. The molecule has 0 unspecified atom stereocenters. The first-order valence-electron chi connectivity index (χ1n) is 8.03. The lowest BCUT2D eigenvalue weighted by atomic mass is 9.93. The summed E-state index contributed by atoms with van der Waals surface area (Å²) < 4.78 is 1.41. The van der Waals surface area contributed by atoms with Gasteiger partial charge in [-0.1, -0.05) is 43.9 Å². The van der Waals surface area contributed by atoms with Crippen LogP contribution in [0.5, 0.6) is 0 Å². The second-order valence-electron chi connectivity index (χ2n) is 6.18. The van der Waals surface area contributed by atoms with Gasteiger partial charge in [-0.15, -0.1) is 11.3 Å². The van der Waals surface area contributed by atoms with Crippen molar-refractivity contribution in [1.82, 2.24) is 5.32 Å². The molecule has 20 heavy (non-hydrogen) atoms. The molecule has 0 spiro atoms. The van der Waals surface area contributed by atoms with E-state index in [0.29, 0.717) is 6.04 Å². The summed E-state index contributed by atoms with van der Waals surface area (Å²) in [5.41, 5.74) is 1.46. The zero-order valence-corrected chi connectivity index (χ0v) is 13.2. The lowest BCUT2D eigenvalue weighted by Gasteiger charge is -2.23. The van der Waals surface area contributed by atoms with Crippen molar-refractivity contribution < 1.29 is 0 Å². The summed E-state index contributed by atoms with van der Waals surface area (Å²) in [4.78, 5) is 0. The van der Waals surface area contributed by atoms with E-state index in [0.717, 1.165) is 12.5 Å². The van der Waals surface area contributed by atoms with Crippen molar-refractivity contribution in [2.45, 2.75) is 58.0 Å². The minimum atomic E-state index is 0.645. The Kier molecular flexibility index (Phi) is 4.74. The Morgan fingerprint density at radius 2 is 1.90 bits per heavy atom.